The molecule has 15 heavy (non-hydrogen) atoms. The third kappa shape index (κ3) is 2.78. The van der Waals surface area contributed by atoms with Crippen LogP contribution >= 0.6 is 0 Å². The van der Waals surface area contributed by atoms with Crippen molar-refractivity contribution in [1.29, 1.82) is 0 Å². The summed E-state index contributed by atoms with van der Waals surface area (Å²) in [5, 5.41) is 0. The van der Waals surface area contributed by atoms with Crippen molar-refractivity contribution in [2.24, 2.45) is 5.73 Å². The Morgan fingerprint density at radius 3 is 2.60 bits per heavy atom. The molecule has 0 aliphatic rings. The van der Waals surface area contributed by atoms with E-state index in [1.54, 1.807) is 13.8 Å². The van der Waals surface area contributed by atoms with Crippen molar-refractivity contribution in [1.82, 2.24) is 5.48 Å². The summed E-state index contributed by atoms with van der Waals surface area (Å²) in [7, 11) is 0. The molecule has 3 N–H and O–H groups in total. The predicted molar refractivity (Wildman–Crippen MR) is 57.8 cm³/mol. The number of carbonyl (C=O) groups is 1. The summed E-state index contributed by atoms with van der Waals surface area (Å²) in [6.45, 7) is 3.85. The van der Waals surface area contributed by atoms with Crippen LogP contribution < -0.4 is 11.2 Å². The van der Waals surface area contributed by atoms with Crippen LogP contribution in [0.5, 0.6) is 0 Å². The SMILES string of the molecule is CCONC(=O)C(C)(N)c1ccccc1. The molecule has 0 saturated carbocycles. The van der Waals surface area contributed by atoms with Crippen molar-refractivity contribution in [3.05, 3.63) is 35.9 Å². The van der Waals surface area contributed by atoms with E-state index < -0.39 is 5.54 Å². The highest BCUT2D eigenvalue weighted by molar-refractivity contribution is 5.86. The van der Waals surface area contributed by atoms with Crippen molar-refractivity contribution in [2.75, 3.05) is 6.61 Å². The molecule has 1 aromatic carbocycles. The van der Waals surface area contributed by atoms with Gasteiger partial charge in [-0.3, -0.25) is 9.63 Å². The van der Waals surface area contributed by atoms with Crippen molar-refractivity contribution in [3.8, 4) is 0 Å². The summed E-state index contributed by atoms with van der Waals surface area (Å²) in [5.74, 6) is -0.351. The van der Waals surface area contributed by atoms with Crippen molar-refractivity contribution in [3.63, 3.8) is 0 Å². The highest BCUT2D eigenvalue weighted by Crippen LogP contribution is 2.17. The standard InChI is InChI=1S/C11H16N2O2/c1-3-15-13-10(14)11(2,12)9-7-5-4-6-8-9/h4-8H,3,12H2,1-2H3,(H,13,14). The predicted octanol–water partition coefficient (Wildman–Crippen LogP) is 0.928. The highest BCUT2D eigenvalue weighted by Gasteiger charge is 2.30. The number of nitrogens with two attached hydrogens (primary N) is 1. The van der Waals surface area contributed by atoms with Gasteiger partial charge in [0, 0.05) is 0 Å². The summed E-state index contributed by atoms with van der Waals surface area (Å²) in [6.07, 6.45) is 0. The zero-order valence-electron chi connectivity index (χ0n) is 8.99. The van der Waals surface area contributed by atoms with Crippen LogP contribution in [-0.2, 0) is 15.2 Å². The van der Waals surface area contributed by atoms with E-state index in [0.29, 0.717) is 6.61 Å². The van der Waals surface area contributed by atoms with Gasteiger partial charge >= 0.3 is 0 Å². The number of carbonyl (C=O) groups excluding carboxylic acids is 1. The summed E-state index contributed by atoms with van der Waals surface area (Å²) in [6, 6.07) is 9.18. The number of hydrogen-bond donors (Lipinski definition) is 2. The first-order chi connectivity index (χ1) is 7.09. The molecule has 0 fully saturated rings. The summed E-state index contributed by atoms with van der Waals surface area (Å²) >= 11 is 0. The van der Waals surface area contributed by atoms with Crippen LogP contribution in [0, 0.1) is 0 Å². The Hall–Kier alpha value is -1.39. The molecule has 0 saturated heterocycles. The van der Waals surface area contributed by atoms with Crippen LogP contribution in [0.1, 0.15) is 19.4 Å². The van der Waals surface area contributed by atoms with E-state index >= 15 is 0 Å². The highest BCUT2D eigenvalue weighted by atomic mass is 16.6. The molecule has 0 aromatic heterocycles. The molecular formula is C11H16N2O2. The average Bonchev–Trinajstić information content (AvgIpc) is 2.27. The number of benzene rings is 1. The van der Waals surface area contributed by atoms with Gasteiger partial charge in [-0.1, -0.05) is 30.3 Å². The lowest BCUT2D eigenvalue weighted by atomic mass is 9.93. The Balaban J connectivity index is 2.78. The van der Waals surface area contributed by atoms with Crippen molar-refractivity contribution >= 4 is 5.91 Å². The monoisotopic (exact) mass is 208 g/mol. The van der Waals surface area contributed by atoms with Crippen molar-refractivity contribution in [2.45, 2.75) is 19.4 Å². The molecule has 4 nitrogen and oxygen atoms in total. The van der Waals surface area contributed by atoms with Gasteiger partial charge in [0.1, 0.15) is 5.54 Å². The molecule has 0 radical (unpaired) electrons. The van der Waals surface area contributed by atoms with Crippen LogP contribution in [0.25, 0.3) is 0 Å². The minimum absolute atomic E-state index is 0.351. The second-order valence-electron chi connectivity index (χ2n) is 3.43. The molecule has 1 atom stereocenters. The van der Waals surface area contributed by atoms with E-state index in [9.17, 15) is 4.79 Å². The average molecular weight is 208 g/mol. The number of rotatable bonds is 4. The Morgan fingerprint density at radius 1 is 1.47 bits per heavy atom. The zero-order valence-corrected chi connectivity index (χ0v) is 8.99. The van der Waals surface area contributed by atoms with Crippen molar-refractivity contribution < 1.29 is 9.63 Å². The Bertz CT molecular complexity index is 323. The zero-order chi connectivity index (χ0) is 11.3. The van der Waals surface area contributed by atoms with Gasteiger partial charge in [-0.2, -0.15) is 0 Å². The van der Waals surface area contributed by atoms with Gasteiger partial charge in [-0.05, 0) is 19.4 Å². The number of amides is 1. The smallest absolute Gasteiger partial charge is 0.267 e. The van der Waals surface area contributed by atoms with E-state index in [-0.39, 0.29) is 5.91 Å². The normalized spacial score (nSPS) is 14.3. The van der Waals surface area contributed by atoms with Gasteiger partial charge in [-0.25, -0.2) is 5.48 Å². The lowest BCUT2D eigenvalue weighted by molar-refractivity contribution is -0.138. The van der Waals surface area contributed by atoms with Crippen LogP contribution in [0.3, 0.4) is 0 Å². The van der Waals surface area contributed by atoms with E-state index in [1.807, 2.05) is 30.3 Å². The third-order valence-corrected chi connectivity index (χ3v) is 2.15. The fourth-order valence-electron chi connectivity index (χ4n) is 1.16. The molecule has 1 aromatic rings. The number of nitrogens with one attached hydrogen (secondary N) is 1. The molecule has 4 heteroatoms. The molecule has 0 aliphatic carbocycles. The topological polar surface area (TPSA) is 64.3 Å². The maximum atomic E-state index is 11.7. The van der Waals surface area contributed by atoms with E-state index in [2.05, 4.69) is 5.48 Å². The van der Waals surface area contributed by atoms with Crippen LogP contribution in [0.15, 0.2) is 30.3 Å². The van der Waals surface area contributed by atoms with E-state index in [1.165, 1.54) is 0 Å². The first kappa shape index (κ1) is 11.7. The first-order valence-electron chi connectivity index (χ1n) is 4.85. The van der Waals surface area contributed by atoms with Gasteiger partial charge in [0.25, 0.3) is 5.91 Å². The maximum absolute atomic E-state index is 11.7. The van der Waals surface area contributed by atoms with Gasteiger partial charge in [-0.15, -0.1) is 0 Å². The third-order valence-electron chi connectivity index (χ3n) is 2.15. The largest absolute Gasteiger partial charge is 0.314 e. The molecule has 0 aliphatic heterocycles. The molecule has 1 unspecified atom stereocenters. The van der Waals surface area contributed by atoms with Gasteiger partial charge < -0.3 is 5.73 Å². The summed E-state index contributed by atoms with van der Waals surface area (Å²) in [5.41, 5.74) is 7.92. The van der Waals surface area contributed by atoms with Gasteiger partial charge in [0.05, 0.1) is 6.61 Å². The summed E-state index contributed by atoms with van der Waals surface area (Å²) < 4.78 is 0. The van der Waals surface area contributed by atoms with E-state index in [4.69, 9.17) is 10.6 Å². The minimum atomic E-state index is -1.07. The Labute approximate surface area is 89.4 Å². The molecule has 0 heterocycles. The van der Waals surface area contributed by atoms with Gasteiger partial charge in [0.15, 0.2) is 0 Å². The van der Waals surface area contributed by atoms with Crippen LogP contribution in [-0.4, -0.2) is 12.5 Å². The Kier molecular flexibility index (Phi) is 3.82. The number of hydrogen-bond acceptors (Lipinski definition) is 3. The lowest BCUT2D eigenvalue weighted by Gasteiger charge is -2.23. The molecule has 0 spiro atoms. The fraction of sp³-hybridized carbons (Fsp3) is 0.364. The van der Waals surface area contributed by atoms with E-state index in [0.717, 1.165) is 5.56 Å². The van der Waals surface area contributed by atoms with Crippen LogP contribution in [0.2, 0.25) is 0 Å². The Morgan fingerprint density at radius 2 is 2.07 bits per heavy atom. The summed E-state index contributed by atoms with van der Waals surface area (Å²) in [4.78, 5) is 16.5. The minimum Gasteiger partial charge on any atom is -0.314 e. The maximum Gasteiger partial charge on any atom is 0.267 e. The quantitative estimate of drug-likeness (QED) is 0.723. The number of hydroxylamine groups is 1. The molecular weight excluding hydrogens is 192 g/mol. The first-order valence-corrected chi connectivity index (χ1v) is 4.85. The second-order valence-corrected chi connectivity index (χ2v) is 3.43. The van der Waals surface area contributed by atoms with Crippen LogP contribution in [0.4, 0.5) is 0 Å². The molecule has 1 rings (SSSR count). The lowest BCUT2D eigenvalue weighted by Crippen LogP contribution is -2.48. The van der Waals surface area contributed by atoms with Gasteiger partial charge in [0.2, 0.25) is 0 Å². The molecule has 82 valence electrons. The molecule has 0 bridgehead atoms. The fourth-order valence-corrected chi connectivity index (χ4v) is 1.16. The molecule has 1 amide bonds. The second kappa shape index (κ2) is 4.91.